The molecule has 0 saturated heterocycles. The molecule has 0 amide bonds. The molecule has 0 saturated carbocycles. The number of rotatable bonds is 6. The van der Waals surface area contributed by atoms with E-state index in [0.717, 1.165) is 53.5 Å². The standard InChI is InChI=1S/C23H23FN6/c1-16-4-10-20(11-5-16)30-15-18(23(28-30)17-6-8-19(24)9-7-17)13-25-14-22-27-26-21-3-2-12-29(21)22/h4-11,15,25H,2-3,12-14H2,1H3. The first-order chi connectivity index (χ1) is 14.7. The van der Waals surface area contributed by atoms with E-state index in [1.165, 1.54) is 17.7 Å². The number of halogens is 1. The molecule has 30 heavy (non-hydrogen) atoms. The molecular formula is C23H23FN6. The summed E-state index contributed by atoms with van der Waals surface area (Å²) in [6.45, 7) is 4.32. The minimum atomic E-state index is -0.253. The van der Waals surface area contributed by atoms with Gasteiger partial charge in [-0.25, -0.2) is 9.07 Å². The van der Waals surface area contributed by atoms with E-state index >= 15 is 0 Å². The summed E-state index contributed by atoms with van der Waals surface area (Å²) in [5.74, 6) is 1.79. The third kappa shape index (κ3) is 3.64. The minimum absolute atomic E-state index is 0.253. The molecule has 0 atom stereocenters. The van der Waals surface area contributed by atoms with Gasteiger partial charge in [-0.05, 0) is 49.7 Å². The fourth-order valence-corrected chi connectivity index (χ4v) is 3.87. The second kappa shape index (κ2) is 7.84. The van der Waals surface area contributed by atoms with E-state index in [0.29, 0.717) is 13.1 Å². The highest BCUT2D eigenvalue weighted by atomic mass is 19.1. The Labute approximate surface area is 174 Å². The number of benzene rings is 2. The van der Waals surface area contributed by atoms with Gasteiger partial charge in [-0.2, -0.15) is 5.10 Å². The maximum atomic E-state index is 13.4. The fourth-order valence-electron chi connectivity index (χ4n) is 3.87. The predicted octanol–water partition coefficient (Wildman–Crippen LogP) is 3.81. The molecule has 0 fully saturated rings. The van der Waals surface area contributed by atoms with Gasteiger partial charge >= 0.3 is 0 Å². The first kappa shape index (κ1) is 18.7. The first-order valence-electron chi connectivity index (χ1n) is 10.2. The average Bonchev–Trinajstić information content (AvgIpc) is 3.46. The molecule has 1 aliphatic heterocycles. The van der Waals surface area contributed by atoms with E-state index in [4.69, 9.17) is 5.10 Å². The van der Waals surface area contributed by atoms with Crippen LogP contribution in [0.25, 0.3) is 16.9 Å². The zero-order chi connectivity index (χ0) is 20.5. The molecular weight excluding hydrogens is 379 g/mol. The Hall–Kier alpha value is -3.32. The number of nitrogens with zero attached hydrogens (tertiary/aromatic N) is 5. The number of aryl methyl sites for hydroxylation is 2. The van der Waals surface area contributed by atoms with Gasteiger partial charge in [0, 0.05) is 36.8 Å². The number of nitrogens with one attached hydrogen (secondary N) is 1. The fraction of sp³-hybridized carbons (Fsp3) is 0.261. The van der Waals surface area contributed by atoms with Gasteiger partial charge < -0.3 is 9.88 Å². The van der Waals surface area contributed by atoms with Crippen molar-refractivity contribution in [3.63, 3.8) is 0 Å². The minimum Gasteiger partial charge on any atom is -0.314 e. The number of fused-ring (bicyclic) bond motifs is 1. The van der Waals surface area contributed by atoms with Crippen LogP contribution < -0.4 is 5.32 Å². The predicted molar refractivity (Wildman–Crippen MR) is 113 cm³/mol. The zero-order valence-electron chi connectivity index (χ0n) is 16.8. The molecule has 0 aliphatic carbocycles. The van der Waals surface area contributed by atoms with Crippen LogP contribution in [0, 0.1) is 12.7 Å². The lowest BCUT2D eigenvalue weighted by atomic mass is 10.1. The van der Waals surface area contributed by atoms with Crippen LogP contribution in [0.1, 0.15) is 29.2 Å². The summed E-state index contributed by atoms with van der Waals surface area (Å²) in [5.41, 5.74) is 4.97. The van der Waals surface area contributed by atoms with Crippen LogP contribution in [-0.2, 0) is 26.1 Å². The number of hydrogen-bond acceptors (Lipinski definition) is 4. The van der Waals surface area contributed by atoms with E-state index in [-0.39, 0.29) is 5.82 Å². The van der Waals surface area contributed by atoms with Gasteiger partial charge in [0.25, 0.3) is 0 Å². The average molecular weight is 402 g/mol. The Morgan fingerprint density at radius 2 is 1.80 bits per heavy atom. The van der Waals surface area contributed by atoms with E-state index in [1.54, 1.807) is 12.1 Å². The summed E-state index contributed by atoms with van der Waals surface area (Å²) < 4.78 is 17.5. The number of hydrogen-bond donors (Lipinski definition) is 1. The Bertz CT molecular complexity index is 1160. The molecule has 2 aromatic heterocycles. The third-order valence-electron chi connectivity index (χ3n) is 5.49. The summed E-state index contributed by atoms with van der Waals surface area (Å²) in [6.07, 6.45) is 4.17. The lowest BCUT2D eigenvalue weighted by Gasteiger charge is -2.06. The lowest BCUT2D eigenvalue weighted by Crippen LogP contribution is -2.16. The smallest absolute Gasteiger partial charge is 0.147 e. The Morgan fingerprint density at radius 1 is 1.00 bits per heavy atom. The molecule has 0 unspecified atom stereocenters. The van der Waals surface area contributed by atoms with Crippen molar-refractivity contribution in [2.75, 3.05) is 0 Å². The zero-order valence-corrected chi connectivity index (χ0v) is 16.8. The van der Waals surface area contributed by atoms with Crippen molar-refractivity contribution < 1.29 is 4.39 Å². The lowest BCUT2D eigenvalue weighted by molar-refractivity contribution is 0.610. The van der Waals surface area contributed by atoms with E-state index in [9.17, 15) is 4.39 Å². The van der Waals surface area contributed by atoms with Crippen molar-refractivity contribution in [3.05, 3.63) is 83.3 Å². The van der Waals surface area contributed by atoms with Crippen LogP contribution in [0.5, 0.6) is 0 Å². The highest BCUT2D eigenvalue weighted by Crippen LogP contribution is 2.24. The molecule has 0 spiro atoms. The van der Waals surface area contributed by atoms with Gasteiger partial charge in [0.05, 0.1) is 17.9 Å². The summed E-state index contributed by atoms with van der Waals surface area (Å²) in [5, 5.41) is 16.9. The quantitative estimate of drug-likeness (QED) is 0.533. The first-order valence-corrected chi connectivity index (χ1v) is 10.2. The van der Waals surface area contributed by atoms with E-state index in [1.807, 2.05) is 23.0 Å². The van der Waals surface area contributed by atoms with Gasteiger partial charge in [0.1, 0.15) is 17.5 Å². The molecule has 6 nitrogen and oxygen atoms in total. The maximum Gasteiger partial charge on any atom is 0.147 e. The normalized spacial score (nSPS) is 13.0. The molecule has 2 aromatic carbocycles. The summed E-state index contributed by atoms with van der Waals surface area (Å²) in [7, 11) is 0. The highest BCUT2D eigenvalue weighted by molar-refractivity contribution is 5.63. The second-order valence-electron chi connectivity index (χ2n) is 7.68. The van der Waals surface area contributed by atoms with Crippen LogP contribution >= 0.6 is 0 Å². The Balaban J connectivity index is 1.41. The summed E-state index contributed by atoms with van der Waals surface area (Å²) in [6, 6.07) is 14.7. The van der Waals surface area contributed by atoms with Crippen LogP contribution in [0.15, 0.2) is 54.7 Å². The molecule has 3 heterocycles. The van der Waals surface area contributed by atoms with Crippen molar-refractivity contribution >= 4 is 0 Å². The van der Waals surface area contributed by atoms with Gasteiger partial charge in [-0.15, -0.1) is 10.2 Å². The third-order valence-corrected chi connectivity index (χ3v) is 5.49. The topological polar surface area (TPSA) is 60.6 Å². The SMILES string of the molecule is Cc1ccc(-n2cc(CNCc3nnc4n3CCC4)c(-c3ccc(F)cc3)n2)cc1. The van der Waals surface area contributed by atoms with Crippen molar-refractivity contribution in [1.29, 1.82) is 0 Å². The largest absolute Gasteiger partial charge is 0.314 e. The van der Waals surface area contributed by atoms with Crippen molar-refractivity contribution in [1.82, 2.24) is 29.9 Å². The van der Waals surface area contributed by atoms with Gasteiger partial charge in [0.15, 0.2) is 0 Å². The van der Waals surface area contributed by atoms with Gasteiger partial charge in [-0.1, -0.05) is 17.7 Å². The van der Waals surface area contributed by atoms with Gasteiger partial charge in [-0.3, -0.25) is 0 Å². The Kier molecular flexibility index (Phi) is 4.88. The summed E-state index contributed by atoms with van der Waals surface area (Å²) in [4.78, 5) is 0. The van der Waals surface area contributed by atoms with Crippen molar-refractivity contribution in [2.24, 2.45) is 0 Å². The molecule has 0 bridgehead atoms. The van der Waals surface area contributed by atoms with Crippen molar-refractivity contribution in [2.45, 2.75) is 39.4 Å². The van der Waals surface area contributed by atoms with E-state index < -0.39 is 0 Å². The molecule has 0 radical (unpaired) electrons. The maximum absolute atomic E-state index is 13.4. The summed E-state index contributed by atoms with van der Waals surface area (Å²) >= 11 is 0. The molecule has 4 aromatic rings. The van der Waals surface area contributed by atoms with Crippen LogP contribution in [0.4, 0.5) is 4.39 Å². The molecule has 152 valence electrons. The highest BCUT2D eigenvalue weighted by Gasteiger charge is 2.17. The Morgan fingerprint density at radius 3 is 2.60 bits per heavy atom. The van der Waals surface area contributed by atoms with Crippen LogP contribution in [0.3, 0.4) is 0 Å². The van der Waals surface area contributed by atoms with Crippen LogP contribution in [0.2, 0.25) is 0 Å². The van der Waals surface area contributed by atoms with E-state index in [2.05, 4.69) is 39.1 Å². The van der Waals surface area contributed by atoms with Gasteiger partial charge in [0.2, 0.25) is 0 Å². The second-order valence-corrected chi connectivity index (χ2v) is 7.68. The molecule has 7 heteroatoms. The molecule has 1 N–H and O–H groups in total. The molecule has 5 rings (SSSR count). The number of aromatic nitrogens is 5. The van der Waals surface area contributed by atoms with Crippen molar-refractivity contribution in [3.8, 4) is 16.9 Å². The monoisotopic (exact) mass is 402 g/mol. The molecule has 1 aliphatic rings. The van der Waals surface area contributed by atoms with Crippen LogP contribution in [-0.4, -0.2) is 24.5 Å².